The van der Waals surface area contributed by atoms with Crippen LogP contribution in [0.2, 0.25) is 0 Å². The van der Waals surface area contributed by atoms with Gasteiger partial charge in [-0.15, -0.1) is 0 Å². The van der Waals surface area contributed by atoms with Gasteiger partial charge >= 0.3 is 0 Å². The number of benzene rings is 1. The predicted octanol–water partition coefficient (Wildman–Crippen LogP) is 4.08. The van der Waals surface area contributed by atoms with Crippen molar-refractivity contribution in [3.8, 4) is 0 Å². The molecule has 1 aromatic carbocycles. The van der Waals surface area contributed by atoms with Crippen LogP contribution in [0.25, 0.3) is 11.0 Å². The summed E-state index contributed by atoms with van der Waals surface area (Å²) in [5, 5.41) is 0. The zero-order valence-electron chi connectivity index (χ0n) is 21.6. The molecule has 5 rings (SSSR count). The first-order valence-corrected chi connectivity index (χ1v) is 13.2. The van der Waals surface area contributed by atoms with Crippen molar-refractivity contribution in [3.05, 3.63) is 53.4 Å². The van der Waals surface area contributed by atoms with Gasteiger partial charge in [-0.2, -0.15) is 0 Å². The molecule has 1 unspecified atom stereocenters. The molecular weight excluding hydrogens is 452 g/mol. The highest BCUT2D eigenvalue weighted by molar-refractivity contribution is 5.92. The fraction of sp³-hybridized carbons (Fsp3) is 0.536. The molecule has 2 fully saturated rings. The summed E-state index contributed by atoms with van der Waals surface area (Å²) in [4.78, 5) is 43.3. The Morgan fingerprint density at radius 3 is 2.44 bits per heavy atom. The first kappa shape index (κ1) is 24.4. The molecule has 2 aliphatic rings. The number of piperidine rings is 2. The van der Waals surface area contributed by atoms with Crippen molar-refractivity contribution < 1.29 is 9.59 Å². The van der Waals surface area contributed by atoms with E-state index < -0.39 is 0 Å². The molecule has 2 amide bonds. The van der Waals surface area contributed by atoms with Crippen LogP contribution in [0.1, 0.15) is 65.8 Å². The van der Waals surface area contributed by atoms with Crippen LogP contribution in [-0.4, -0.2) is 66.8 Å². The maximum Gasteiger partial charge on any atom is 0.274 e. The molecule has 8 nitrogen and oxygen atoms in total. The lowest BCUT2D eigenvalue weighted by molar-refractivity contribution is -0.137. The molecule has 0 aliphatic carbocycles. The minimum atomic E-state index is -0.0458. The Kier molecular flexibility index (Phi) is 7.03. The number of fused-ring (bicyclic) bond motifs is 1. The van der Waals surface area contributed by atoms with Crippen LogP contribution in [0.5, 0.6) is 0 Å². The minimum Gasteiger partial charge on any atom is -0.339 e. The summed E-state index contributed by atoms with van der Waals surface area (Å²) in [7, 11) is 0. The zero-order valence-corrected chi connectivity index (χ0v) is 21.6. The van der Waals surface area contributed by atoms with Gasteiger partial charge in [0.05, 0.1) is 29.3 Å². The van der Waals surface area contributed by atoms with E-state index >= 15 is 0 Å². The molecular formula is C28H36N6O2. The van der Waals surface area contributed by atoms with Gasteiger partial charge in [0.1, 0.15) is 5.69 Å². The summed E-state index contributed by atoms with van der Waals surface area (Å²) in [5.41, 5.74) is 5.77. The van der Waals surface area contributed by atoms with Gasteiger partial charge in [0.25, 0.3) is 5.91 Å². The van der Waals surface area contributed by atoms with Crippen LogP contribution in [0.3, 0.4) is 0 Å². The molecule has 3 aromatic rings. The van der Waals surface area contributed by atoms with Gasteiger partial charge in [0.15, 0.2) is 0 Å². The highest BCUT2D eigenvalue weighted by Crippen LogP contribution is 2.31. The van der Waals surface area contributed by atoms with Crippen molar-refractivity contribution in [2.24, 2.45) is 5.92 Å². The van der Waals surface area contributed by atoms with Gasteiger partial charge in [-0.25, -0.2) is 9.97 Å². The first-order valence-electron chi connectivity index (χ1n) is 13.2. The lowest BCUT2D eigenvalue weighted by Gasteiger charge is -2.43. The topological polar surface area (TPSA) is 84.2 Å². The number of imidazole rings is 1. The number of nitrogens with zero attached hydrogens (tertiary/aromatic N) is 6. The second-order valence-corrected chi connectivity index (χ2v) is 10.4. The van der Waals surface area contributed by atoms with E-state index in [1.165, 1.54) is 11.1 Å². The van der Waals surface area contributed by atoms with Crippen molar-refractivity contribution in [1.29, 1.82) is 0 Å². The average molecular weight is 489 g/mol. The Hall–Kier alpha value is -3.29. The quantitative estimate of drug-likeness (QED) is 0.540. The molecule has 0 radical (unpaired) electrons. The summed E-state index contributed by atoms with van der Waals surface area (Å²) in [6.07, 6.45) is 10.7. The third kappa shape index (κ3) is 4.99. The van der Waals surface area contributed by atoms with E-state index in [0.29, 0.717) is 37.7 Å². The van der Waals surface area contributed by atoms with Crippen LogP contribution in [0, 0.1) is 26.7 Å². The molecule has 0 N–H and O–H groups in total. The SMILES string of the molecule is Cc1cnc(C(=O)N2CCC(C3CCCCN3C(=O)CCn3cnc4cc(C)c(C)cc43)CC2)cn1. The Balaban J connectivity index is 1.20. The molecule has 1 atom stereocenters. The summed E-state index contributed by atoms with van der Waals surface area (Å²) in [5.74, 6) is 0.622. The fourth-order valence-electron chi connectivity index (χ4n) is 5.76. The van der Waals surface area contributed by atoms with Crippen molar-refractivity contribution in [3.63, 3.8) is 0 Å². The molecule has 4 heterocycles. The van der Waals surface area contributed by atoms with Gasteiger partial charge in [-0.05, 0) is 82.1 Å². The monoisotopic (exact) mass is 488 g/mol. The van der Waals surface area contributed by atoms with Gasteiger partial charge in [0, 0.05) is 44.8 Å². The second-order valence-electron chi connectivity index (χ2n) is 10.4. The number of likely N-dealkylation sites (tertiary alicyclic amines) is 2. The molecule has 0 bridgehead atoms. The molecule has 2 aliphatic heterocycles. The van der Waals surface area contributed by atoms with Crippen LogP contribution in [-0.2, 0) is 11.3 Å². The Bertz CT molecular complexity index is 1240. The van der Waals surface area contributed by atoms with E-state index in [1.807, 2.05) is 18.2 Å². The van der Waals surface area contributed by atoms with Crippen LogP contribution in [0.4, 0.5) is 0 Å². The number of carbonyl (C=O) groups excluding carboxylic acids is 2. The van der Waals surface area contributed by atoms with Crippen LogP contribution in [0.15, 0.2) is 30.9 Å². The lowest BCUT2D eigenvalue weighted by Crippen LogP contribution is -2.51. The lowest BCUT2D eigenvalue weighted by atomic mass is 9.83. The molecule has 0 saturated carbocycles. The smallest absolute Gasteiger partial charge is 0.274 e. The minimum absolute atomic E-state index is 0.0458. The Morgan fingerprint density at radius 2 is 1.69 bits per heavy atom. The second kappa shape index (κ2) is 10.4. The zero-order chi connectivity index (χ0) is 25.2. The Morgan fingerprint density at radius 1 is 0.917 bits per heavy atom. The number of hydrogen-bond acceptors (Lipinski definition) is 5. The summed E-state index contributed by atoms with van der Waals surface area (Å²) >= 11 is 0. The van der Waals surface area contributed by atoms with Crippen LogP contribution >= 0.6 is 0 Å². The molecule has 190 valence electrons. The predicted molar refractivity (Wildman–Crippen MR) is 139 cm³/mol. The molecule has 36 heavy (non-hydrogen) atoms. The number of amides is 2. The number of rotatable bonds is 5. The van der Waals surface area contributed by atoms with Gasteiger partial charge < -0.3 is 14.4 Å². The summed E-state index contributed by atoms with van der Waals surface area (Å²) in [6, 6.07) is 4.56. The van der Waals surface area contributed by atoms with E-state index in [4.69, 9.17) is 0 Å². The van der Waals surface area contributed by atoms with Crippen molar-refractivity contribution in [1.82, 2.24) is 29.3 Å². The Labute approximate surface area is 212 Å². The van der Waals surface area contributed by atoms with E-state index in [2.05, 4.69) is 50.4 Å². The highest BCUT2D eigenvalue weighted by atomic mass is 16.2. The molecule has 8 heteroatoms. The number of aromatic nitrogens is 4. The van der Waals surface area contributed by atoms with Gasteiger partial charge in [-0.1, -0.05) is 0 Å². The maximum atomic E-state index is 13.4. The molecule has 2 saturated heterocycles. The fourth-order valence-corrected chi connectivity index (χ4v) is 5.76. The van der Waals surface area contributed by atoms with E-state index in [-0.39, 0.29) is 17.9 Å². The van der Waals surface area contributed by atoms with Gasteiger partial charge in [0.2, 0.25) is 5.91 Å². The van der Waals surface area contributed by atoms with Crippen molar-refractivity contribution in [2.45, 2.75) is 71.9 Å². The van der Waals surface area contributed by atoms with Crippen molar-refractivity contribution >= 4 is 22.8 Å². The highest BCUT2D eigenvalue weighted by Gasteiger charge is 2.35. The number of carbonyl (C=O) groups is 2. The molecule has 0 spiro atoms. The first-order chi connectivity index (χ1) is 17.4. The summed E-state index contributed by atoms with van der Waals surface area (Å²) in [6.45, 7) is 8.97. The average Bonchev–Trinajstić information content (AvgIpc) is 3.29. The van der Waals surface area contributed by atoms with E-state index in [0.717, 1.165) is 55.4 Å². The largest absolute Gasteiger partial charge is 0.339 e. The molecule has 2 aromatic heterocycles. The third-order valence-corrected chi connectivity index (χ3v) is 8.04. The van der Waals surface area contributed by atoms with E-state index in [1.54, 1.807) is 12.4 Å². The van der Waals surface area contributed by atoms with E-state index in [9.17, 15) is 9.59 Å². The number of hydrogen-bond donors (Lipinski definition) is 0. The van der Waals surface area contributed by atoms with Crippen molar-refractivity contribution in [2.75, 3.05) is 19.6 Å². The number of aryl methyl sites for hydroxylation is 4. The standard InChI is InChI=1S/C28H36N6O2/c1-19-14-23-26(15-20(19)2)33(18-31-23)13-9-27(35)34-10-5-4-6-25(34)22-7-11-32(12-8-22)28(36)24-17-29-21(3)16-30-24/h14-18,22,25H,4-13H2,1-3H3. The summed E-state index contributed by atoms with van der Waals surface area (Å²) < 4.78 is 2.11. The third-order valence-electron chi connectivity index (χ3n) is 8.04. The van der Waals surface area contributed by atoms with Crippen LogP contribution < -0.4 is 0 Å². The normalized spacial score (nSPS) is 19.1. The maximum absolute atomic E-state index is 13.4. The van der Waals surface area contributed by atoms with Gasteiger partial charge in [-0.3, -0.25) is 14.6 Å².